The summed E-state index contributed by atoms with van der Waals surface area (Å²) in [4.78, 5) is 2.29. The molecule has 1 aromatic heterocycles. The van der Waals surface area contributed by atoms with Crippen molar-refractivity contribution >= 4 is 38.9 Å². The minimum Gasteiger partial charge on any atom is -0.497 e. The van der Waals surface area contributed by atoms with Gasteiger partial charge in [-0.25, -0.2) is 0 Å². The van der Waals surface area contributed by atoms with Crippen LogP contribution in [0.4, 0.5) is 0 Å². The maximum absolute atomic E-state index is 6.58. The molecular formula is C14H14BrClO2S. The van der Waals surface area contributed by atoms with Crippen LogP contribution >= 0.6 is 38.9 Å². The number of hydrogen-bond acceptors (Lipinski definition) is 3. The van der Waals surface area contributed by atoms with Crippen LogP contribution in [0.2, 0.25) is 0 Å². The first kappa shape index (κ1) is 14.7. The fourth-order valence-electron chi connectivity index (χ4n) is 1.80. The number of benzene rings is 1. The van der Waals surface area contributed by atoms with Gasteiger partial charge >= 0.3 is 0 Å². The second-order valence-corrected chi connectivity index (χ2v) is 6.60. The molecule has 1 atom stereocenters. The molecule has 2 nitrogen and oxygen atoms in total. The Labute approximate surface area is 130 Å². The molecule has 0 spiro atoms. The van der Waals surface area contributed by atoms with E-state index in [0.29, 0.717) is 0 Å². The zero-order chi connectivity index (χ0) is 14.0. The van der Waals surface area contributed by atoms with E-state index in [-0.39, 0.29) is 5.38 Å². The van der Waals surface area contributed by atoms with Gasteiger partial charge in [-0.15, -0.1) is 22.9 Å². The second kappa shape index (κ2) is 6.16. The lowest BCUT2D eigenvalue weighted by Crippen LogP contribution is -1.97. The van der Waals surface area contributed by atoms with Crippen LogP contribution in [0, 0.1) is 6.92 Å². The Morgan fingerprint density at radius 2 is 1.95 bits per heavy atom. The first-order chi connectivity index (χ1) is 9.06. The Hall–Kier alpha value is -0.710. The molecule has 0 aliphatic carbocycles. The van der Waals surface area contributed by atoms with E-state index in [9.17, 15) is 0 Å². The highest BCUT2D eigenvalue weighted by Gasteiger charge is 2.19. The Balaban J connectivity index is 2.44. The highest BCUT2D eigenvalue weighted by molar-refractivity contribution is 9.10. The number of aryl methyl sites for hydroxylation is 1. The molecule has 0 N–H and O–H groups in total. The molecule has 1 unspecified atom stereocenters. The summed E-state index contributed by atoms with van der Waals surface area (Å²) in [5.74, 6) is 1.54. The number of ether oxygens (including phenoxy) is 2. The van der Waals surface area contributed by atoms with Crippen LogP contribution in [0.25, 0.3) is 0 Å². The fraction of sp³-hybridized carbons (Fsp3) is 0.286. The number of rotatable bonds is 4. The predicted molar refractivity (Wildman–Crippen MR) is 84.0 cm³/mol. The Morgan fingerprint density at radius 3 is 2.47 bits per heavy atom. The molecule has 5 heteroatoms. The summed E-state index contributed by atoms with van der Waals surface area (Å²) in [7, 11) is 3.28. The van der Waals surface area contributed by atoms with Crippen LogP contribution < -0.4 is 9.47 Å². The molecule has 0 bridgehead atoms. The number of methoxy groups -OCH3 is 2. The standard InChI is InChI=1S/C14H14BrClO2S/c1-8-11(15)7-13(19-8)14(16)10-6-9(17-2)4-5-12(10)18-3/h4-7,14H,1-3H3. The minimum atomic E-state index is -0.250. The third kappa shape index (κ3) is 3.07. The van der Waals surface area contributed by atoms with Gasteiger partial charge in [0.1, 0.15) is 11.5 Å². The van der Waals surface area contributed by atoms with E-state index in [1.54, 1.807) is 25.6 Å². The number of thiophene rings is 1. The van der Waals surface area contributed by atoms with Crippen LogP contribution in [0.1, 0.15) is 20.7 Å². The Kier molecular flexibility index (Phi) is 4.76. The summed E-state index contributed by atoms with van der Waals surface area (Å²) < 4.78 is 11.7. The lowest BCUT2D eigenvalue weighted by molar-refractivity contribution is 0.399. The normalized spacial score (nSPS) is 12.3. The smallest absolute Gasteiger partial charge is 0.124 e. The Bertz CT molecular complexity index is 563. The van der Waals surface area contributed by atoms with Crippen molar-refractivity contribution in [1.82, 2.24) is 0 Å². The van der Waals surface area contributed by atoms with Crippen molar-refractivity contribution < 1.29 is 9.47 Å². The van der Waals surface area contributed by atoms with Crippen LogP contribution in [0.3, 0.4) is 0 Å². The summed E-state index contributed by atoms with van der Waals surface area (Å²) in [5.41, 5.74) is 0.914. The number of alkyl halides is 1. The highest BCUT2D eigenvalue weighted by Crippen LogP contribution is 2.41. The monoisotopic (exact) mass is 360 g/mol. The molecule has 0 saturated heterocycles. The van der Waals surface area contributed by atoms with Gasteiger partial charge < -0.3 is 9.47 Å². The third-order valence-corrected chi connectivity index (χ3v) is 5.64. The van der Waals surface area contributed by atoms with Crippen molar-refractivity contribution in [3.63, 3.8) is 0 Å². The average Bonchev–Trinajstić information content (AvgIpc) is 2.77. The molecule has 19 heavy (non-hydrogen) atoms. The van der Waals surface area contributed by atoms with Gasteiger partial charge in [0.15, 0.2) is 0 Å². The van der Waals surface area contributed by atoms with Crippen molar-refractivity contribution in [2.45, 2.75) is 12.3 Å². The number of hydrogen-bond donors (Lipinski definition) is 0. The van der Waals surface area contributed by atoms with E-state index in [0.717, 1.165) is 26.4 Å². The largest absolute Gasteiger partial charge is 0.497 e. The van der Waals surface area contributed by atoms with E-state index < -0.39 is 0 Å². The maximum Gasteiger partial charge on any atom is 0.124 e. The fourth-order valence-corrected chi connectivity index (χ4v) is 3.72. The molecular weight excluding hydrogens is 348 g/mol. The predicted octanol–water partition coefficient (Wildman–Crippen LogP) is 5.16. The van der Waals surface area contributed by atoms with E-state index in [1.165, 1.54) is 4.88 Å². The zero-order valence-electron chi connectivity index (χ0n) is 10.9. The topological polar surface area (TPSA) is 18.5 Å². The molecule has 0 saturated carbocycles. The van der Waals surface area contributed by atoms with Gasteiger partial charge in [-0.1, -0.05) is 0 Å². The van der Waals surface area contributed by atoms with Gasteiger partial charge in [0, 0.05) is 19.8 Å². The summed E-state index contributed by atoms with van der Waals surface area (Å²) in [6.45, 7) is 2.06. The van der Waals surface area contributed by atoms with Crippen molar-refractivity contribution in [1.29, 1.82) is 0 Å². The van der Waals surface area contributed by atoms with Gasteiger partial charge in [0.05, 0.1) is 19.6 Å². The molecule has 102 valence electrons. The maximum atomic E-state index is 6.58. The van der Waals surface area contributed by atoms with Gasteiger partial charge in [-0.2, -0.15) is 0 Å². The van der Waals surface area contributed by atoms with Gasteiger partial charge in [-0.05, 0) is 47.1 Å². The molecule has 0 radical (unpaired) electrons. The zero-order valence-corrected chi connectivity index (χ0v) is 14.0. The molecule has 2 rings (SSSR count). The Morgan fingerprint density at radius 1 is 1.21 bits per heavy atom. The quantitative estimate of drug-likeness (QED) is 0.700. The highest BCUT2D eigenvalue weighted by atomic mass is 79.9. The molecule has 0 aliphatic rings. The van der Waals surface area contributed by atoms with Crippen LogP contribution in [0.15, 0.2) is 28.7 Å². The average molecular weight is 362 g/mol. The SMILES string of the molecule is COc1ccc(OC)c(C(Cl)c2cc(Br)c(C)s2)c1. The van der Waals surface area contributed by atoms with E-state index >= 15 is 0 Å². The summed E-state index contributed by atoms with van der Waals surface area (Å²) in [5, 5.41) is -0.250. The summed E-state index contributed by atoms with van der Waals surface area (Å²) in [6, 6.07) is 7.70. The van der Waals surface area contributed by atoms with Crippen molar-refractivity contribution in [3.05, 3.63) is 44.1 Å². The molecule has 1 heterocycles. The van der Waals surface area contributed by atoms with E-state index in [4.69, 9.17) is 21.1 Å². The molecule has 1 aromatic carbocycles. The van der Waals surface area contributed by atoms with Crippen molar-refractivity contribution in [3.8, 4) is 11.5 Å². The second-order valence-electron chi connectivity index (χ2n) is 4.02. The number of halogens is 2. The lowest BCUT2D eigenvalue weighted by atomic mass is 10.1. The van der Waals surface area contributed by atoms with Crippen LogP contribution in [-0.2, 0) is 0 Å². The summed E-state index contributed by atoms with van der Waals surface area (Å²) >= 11 is 11.8. The molecule has 0 amide bonds. The van der Waals surface area contributed by atoms with Gasteiger partial charge in [-0.3, -0.25) is 0 Å². The summed E-state index contributed by atoms with van der Waals surface area (Å²) in [6.07, 6.45) is 0. The lowest BCUT2D eigenvalue weighted by Gasteiger charge is -2.14. The molecule has 0 aliphatic heterocycles. The van der Waals surface area contributed by atoms with E-state index in [2.05, 4.69) is 28.9 Å². The molecule has 2 aromatic rings. The third-order valence-electron chi connectivity index (χ3n) is 2.84. The van der Waals surface area contributed by atoms with Crippen LogP contribution in [0.5, 0.6) is 11.5 Å². The minimum absolute atomic E-state index is 0.250. The van der Waals surface area contributed by atoms with Gasteiger partial charge in [0.2, 0.25) is 0 Å². The van der Waals surface area contributed by atoms with Crippen molar-refractivity contribution in [2.24, 2.45) is 0 Å². The van der Waals surface area contributed by atoms with E-state index in [1.807, 2.05) is 18.2 Å². The van der Waals surface area contributed by atoms with Crippen molar-refractivity contribution in [2.75, 3.05) is 14.2 Å². The first-order valence-corrected chi connectivity index (χ1v) is 7.73. The first-order valence-electron chi connectivity index (χ1n) is 5.68. The van der Waals surface area contributed by atoms with Crippen LogP contribution in [-0.4, -0.2) is 14.2 Å². The molecule has 0 fully saturated rings. The van der Waals surface area contributed by atoms with Gasteiger partial charge in [0.25, 0.3) is 0 Å².